The zero-order chi connectivity index (χ0) is 13.1. The molecule has 1 aromatic heterocycles. The SMILES string of the molecule is CC(C)CN1CCC[C@@H]1c1cccnc1N(C)C. The Morgan fingerprint density at radius 2 is 2.22 bits per heavy atom. The average Bonchev–Trinajstić information content (AvgIpc) is 2.76. The minimum atomic E-state index is 0.554. The van der Waals surface area contributed by atoms with E-state index in [1.54, 1.807) is 0 Å². The Kier molecular flexibility index (Phi) is 4.23. The second kappa shape index (κ2) is 5.70. The van der Waals surface area contributed by atoms with Gasteiger partial charge in [-0.05, 0) is 31.4 Å². The number of likely N-dealkylation sites (tertiary alicyclic amines) is 1. The molecular formula is C15H25N3. The Morgan fingerprint density at radius 1 is 1.44 bits per heavy atom. The van der Waals surface area contributed by atoms with Crippen molar-refractivity contribution in [2.24, 2.45) is 5.92 Å². The summed E-state index contributed by atoms with van der Waals surface area (Å²) in [5, 5.41) is 0. The normalized spacial score (nSPS) is 20.6. The van der Waals surface area contributed by atoms with Gasteiger partial charge < -0.3 is 4.90 Å². The van der Waals surface area contributed by atoms with Crippen LogP contribution in [-0.4, -0.2) is 37.1 Å². The van der Waals surface area contributed by atoms with E-state index >= 15 is 0 Å². The van der Waals surface area contributed by atoms with Gasteiger partial charge in [0.25, 0.3) is 0 Å². The van der Waals surface area contributed by atoms with Crippen LogP contribution in [0.2, 0.25) is 0 Å². The van der Waals surface area contributed by atoms with Crippen molar-refractivity contribution in [1.82, 2.24) is 9.88 Å². The third-order valence-electron chi connectivity index (χ3n) is 3.56. The Morgan fingerprint density at radius 3 is 2.89 bits per heavy atom. The summed E-state index contributed by atoms with van der Waals surface area (Å²) in [5.41, 5.74) is 1.39. The number of nitrogens with zero attached hydrogens (tertiary/aromatic N) is 3. The van der Waals surface area contributed by atoms with E-state index in [2.05, 4.69) is 54.9 Å². The minimum Gasteiger partial charge on any atom is -0.362 e. The molecule has 2 rings (SSSR count). The van der Waals surface area contributed by atoms with Gasteiger partial charge in [0.05, 0.1) is 0 Å². The molecule has 0 saturated carbocycles. The molecule has 3 nitrogen and oxygen atoms in total. The van der Waals surface area contributed by atoms with Crippen LogP contribution in [-0.2, 0) is 0 Å². The lowest BCUT2D eigenvalue weighted by molar-refractivity contribution is 0.229. The Labute approximate surface area is 111 Å². The monoisotopic (exact) mass is 247 g/mol. The van der Waals surface area contributed by atoms with Gasteiger partial charge in [-0.15, -0.1) is 0 Å². The largest absolute Gasteiger partial charge is 0.362 e. The Hall–Kier alpha value is -1.09. The van der Waals surface area contributed by atoms with Crippen LogP contribution in [0.3, 0.4) is 0 Å². The van der Waals surface area contributed by atoms with Crippen LogP contribution in [0.15, 0.2) is 18.3 Å². The lowest BCUT2D eigenvalue weighted by Crippen LogP contribution is -2.28. The lowest BCUT2D eigenvalue weighted by Gasteiger charge is -2.28. The zero-order valence-electron chi connectivity index (χ0n) is 12.1. The van der Waals surface area contributed by atoms with Crippen molar-refractivity contribution in [2.45, 2.75) is 32.7 Å². The van der Waals surface area contributed by atoms with Crippen LogP contribution >= 0.6 is 0 Å². The maximum atomic E-state index is 4.54. The summed E-state index contributed by atoms with van der Waals surface area (Å²) >= 11 is 0. The first kappa shape index (κ1) is 13.3. The van der Waals surface area contributed by atoms with Crippen molar-refractivity contribution in [1.29, 1.82) is 0 Å². The van der Waals surface area contributed by atoms with Gasteiger partial charge in [-0.3, -0.25) is 4.90 Å². The smallest absolute Gasteiger partial charge is 0.132 e. The maximum absolute atomic E-state index is 4.54. The van der Waals surface area contributed by atoms with Crippen LogP contribution < -0.4 is 4.90 Å². The van der Waals surface area contributed by atoms with E-state index in [0.29, 0.717) is 6.04 Å². The summed E-state index contributed by atoms with van der Waals surface area (Å²) in [6.45, 7) is 7.01. The van der Waals surface area contributed by atoms with Crippen LogP contribution in [0.1, 0.15) is 38.3 Å². The maximum Gasteiger partial charge on any atom is 0.132 e. The van der Waals surface area contributed by atoms with Crippen molar-refractivity contribution in [3.8, 4) is 0 Å². The molecule has 1 saturated heterocycles. The molecule has 2 heterocycles. The highest BCUT2D eigenvalue weighted by Crippen LogP contribution is 2.36. The highest BCUT2D eigenvalue weighted by Gasteiger charge is 2.28. The predicted molar refractivity (Wildman–Crippen MR) is 77.0 cm³/mol. The van der Waals surface area contributed by atoms with E-state index in [4.69, 9.17) is 0 Å². The first-order valence-corrected chi connectivity index (χ1v) is 6.96. The van der Waals surface area contributed by atoms with E-state index in [1.807, 2.05) is 6.20 Å². The fraction of sp³-hybridized carbons (Fsp3) is 0.667. The quantitative estimate of drug-likeness (QED) is 0.815. The van der Waals surface area contributed by atoms with Gasteiger partial charge in [0.15, 0.2) is 0 Å². The van der Waals surface area contributed by atoms with Crippen molar-refractivity contribution in [3.05, 3.63) is 23.9 Å². The molecule has 100 valence electrons. The fourth-order valence-corrected chi connectivity index (χ4v) is 2.91. The molecule has 0 aliphatic carbocycles. The van der Waals surface area contributed by atoms with Gasteiger partial charge in [-0.2, -0.15) is 0 Å². The van der Waals surface area contributed by atoms with E-state index < -0.39 is 0 Å². The highest BCUT2D eigenvalue weighted by atomic mass is 15.2. The molecule has 0 amide bonds. The van der Waals surface area contributed by atoms with E-state index in [-0.39, 0.29) is 0 Å². The number of aromatic nitrogens is 1. The third kappa shape index (κ3) is 2.83. The molecule has 1 aliphatic rings. The number of pyridine rings is 1. The molecule has 0 unspecified atom stereocenters. The predicted octanol–water partition coefficient (Wildman–Crippen LogP) is 2.94. The van der Waals surface area contributed by atoms with Gasteiger partial charge in [-0.25, -0.2) is 4.98 Å². The number of rotatable bonds is 4. The van der Waals surface area contributed by atoms with Crippen LogP contribution in [0.5, 0.6) is 0 Å². The highest BCUT2D eigenvalue weighted by molar-refractivity contribution is 5.47. The van der Waals surface area contributed by atoms with Crippen LogP contribution in [0.25, 0.3) is 0 Å². The first-order valence-electron chi connectivity index (χ1n) is 6.96. The standard InChI is InChI=1S/C15H25N3/c1-12(2)11-18-10-6-8-14(18)13-7-5-9-16-15(13)17(3)4/h5,7,9,12,14H,6,8,10-11H2,1-4H3/t14-/m1/s1. The molecule has 0 bridgehead atoms. The van der Waals surface area contributed by atoms with E-state index in [0.717, 1.165) is 11.7 Å². The lowest BCUT2D eigenvalue weighted by atomic mass is 10.0. The van der Waals surface area contributed by atoms with Crippen molar-refractivity contribution >= 4 is 5.82 Å². The van der Waals surface area contributed by atoms with E-state index in [9.17, 15) is 0 Å². The van der Waals surface area contributed by atoms with Crippen molar-refractivity contribution in [2.75, 3.05) is 32.1 Å². The van der Waals surface area contributed by atoms with Crippen molar-refractivity contribution in [3.63, 3.8) is 0 Å². The fourth-order valence-electron chi connectivity index (χ4n) is 2.91. The number of anilines is 1. The van der Waals surface area contributed by atoms with Gasteiger partial charge >= 0.3 is 0 Å². The Balaban J connectivity index is 2.24. The third-order valence-corrected chi connectivity index (χ3v) is 3.56. The van der Waals surface area contributed by atoms with Gasteiger partial charge in [-0.1, -0.05) is 19.9 Å². The molecule has 0 aromatic carbocycles. The van der Waals surface area contributed by atoms with Gasteiger partial charge in [0.1, 0.15) is 5.82 Å². The molecule has 1 aromatic rings. The minimum absolute atomic E-state index is 0.554. The van der Waals surface area contributed by atoms with Gasteiger partial charge in [0, 0.05) is 38.4 Å². The summed E-state index contributed by atoms with van der Waals surface area (Å²) in [6.07, 6.45) is 4.46. The molecule has 0 spiro atoms. The van der Waals surface area contributed by atoms with Crippen LogP contribution in [0, 0.1) is 5.92 Å². The second-order valence-corrected chi connectivity index (χ2v) is 5.86. The molecule has 0 N–H and O–H groups in total. The van der Waals surface area contributed by atoms with Crippen molar-refractivity contribution < 1.29 is 0 Å². The summed E-state index contributed by atoms with van der Waals surface area (Å²) < 4.78 is 0. The summed E-state index contributed by atoms with van der Waals surface area (Å²) in [7, 11) is 4.15. The number of hydrogen-bond donors (Lipinski definition) is 0. The van der Waals surface area contributed by atoms with E-state index in [1.165, 1.54) is 31.5 Å². The number of hydrogen-bond acceptors (Lipinski definition) is 3. The average molecular weight is 247 g/mol. The Bertz CT molecular complexity index is 387. The molecule has 0 radical (unpaired) electrons. The zero-order valence-corrected chi connectivity index (χ0v) is 12.1. The second-order valence-electron chi connectivity index (χ2n) is 5.86. The molecule has 1 fully saturated rings. The summed E-state index contributed by atoms with van der Waals surface area (Å²) in [6, 6.07) is 4.86. The summed E-state index contributed by atoms with van der Waals surface area (Å²) in [5.74, 6) is 1.85. The molecular weight excluding hydrogens is 222 g/mol. The first-order chi connectivity index (χ1) is 8.59. The topological polar surface area (TPSA) is 19.4 Å². The molecule has 3 heteroatoms. The molecule has 1 atom stereocenters. The summed E-state index contributed by atoms with van der Waals surface area (Å²) in [4.78, 5) is 9.28. The van der Waals surface area contributed by atoms with Gasteiger partial charge in [0.2, 0.25) is 0 Å². The molecule has 18 heavy (non-hydrogen) atoms. The van der Waals surface area contributed by atoms with Crippen LogP contribution in [0.4, 0.5) is 5.82 Å². The molecule has 1 aliphatic heterocycles.